The first kappa shape index (κ1) is 20.8. The minimum atomic E-state index is -4.64. The van der Waals surface area contributed by atoms with Crippen molar-refractivity contribution in [3.63, 3.8) is 0 Å². The summed E-state index contributed by atoms with van der Waals surface area (Å²) in [7, 11) is -8.14. The number of aryl methyl sites for hydroxylation is 1. The number of benzene rings is 1. The molecule has 0 amide bonds. The van der Waals surface area contributed by atoms with Gasteiger partial charge in [-0.2, -0.15) is 0 Å². The largest absolute Gasteiger partial charge is 1.00 e. The molecule has 0 heterocycles. The molecule has 0 saturated carbocycles. The Balaban J connectivity index is -0.000000320. The molecule has 1 aromatic carbocycles. The molecule has 0 aliphatic carbocycles. The molecule has 4 N–H and O–H groups in total. The second-order valence-electron chi connectivity index (χ2n) is 2.91. The maximum atomic E-state index is 11.1. The first-order valence-corrected chi connectivity index (χ1v) is 7.46. The Morgan fingerprint density at radius 2 is 1.56 bits per heavy atom. The fraction of sp³-hybridized carbons (Fsp3) is 0.143. The molecule has 0 radical (unpaired) electrons. The number of phosphoric acid groups is 1. The summed E-state index contributed by atoms with van der Waals surface area (Å²) in [6, 6.07) is 6.42. The molecule has 0 fully saturated rings. The maximum Gasteiger partial charge on any atom is 1.00 e. The van der Waals surface area contributed by atoms with Crippen molar-refractivity contribution in [1.82, 2.24) is 4.24 Å². The summed E-state index contributed by atoms with van der Waals surface area (Å²) >= 11 is 5.03. The van der Waals surface area contributed by atoms with Crippen LogP contribution in [0.2, 0.25) is 0 Å². The molecule has 0 spiro atoms. The summed E-state index contributed by atoms with van der Waals surface area (Å²) < 4.78 is 32.7. The molecule has 0 aliphatic rings. The average molecular weight is 328 g/mol. The van der Waals surface area contributed by atoms with Gasteiger partial charge >= 0.3 is 37.4 Å². The summed E-state index contributed by atoms with van der Waals surface area (Å²) in [5.74, 6) is 0. The first-order valence-electron chi connectivity index (χ1n) is 4.03. The van der Waals surface area contributed by atoms with Gasteiger partial charge in [-0.15, -0.1) is 4.24 Å². The molecule has 0 aliphatic heterocycles. The number of nitrogens with one attached hydrogen (secondary N) is 1. The van der Waals surface area contributed by atoms with Crippen LogP contribution in [-0.2, 0) is 14.6 Å². The monoisotopic (exact) mass is 327 g/mol. The Morgan fingerprint density at radius 3 is 1.83 bits per heavy atom. The van der Waals surface area contributed by atoms with E-state index in [9.17, 15) is 8.42 Å². The van der Waals surface area contributed by atoms with E-state index in [0.29, 0.717) is 0 Å². The van der Waals surface area contributed by atoms with Crippen LogP contribution in [0.25, 0.3) is 0 Å². The van der Waals surface area contributed by atoms with Crippen molar-refractivity contribution < 1.29 is 58.6 Å². The van der Waals surface area contributed by atoms with Crippen LogP contribution in [0.15, 0.2) is 29.2 Å². The zero-order chi connectivity index (χ0) is 13.7. The van der Waals surface area contributed by atoms with E-state index in [2.05, 4.69) is 0 Å². The fourth-order valence-electron chi connectivity index (χ4n) is 0.762. The molecular formula is C7H12ClNNaO6PS. The van der Waals surface area contributed by atoms with Crippen molar-refractivity contribution in [2.45, 2.75) is 11.8 Å². The van der Waals surface area contributed by atoms with Crippen molar-refractivity contribution in [3.8, 4) is 0 Å². The first-order chi connectivity index (χ1) is 7.56. The number of hydrogen-bond donors (Lipinski definition) is 4. The molecule has 1 rings (SSSR count). The van der Waals surface area contributed by atoms with Gasteiger partial charge < -0.3 is 16.1 Å². The minimum absolute atomic E-state index is 0. The Hall–Kier alpha value is 0.530. The zero-order valence-electron chi connectivity index (χ0n) is 10.6. The third kappa shape index (κ3) is 10.5. The van der Waals surface area contributed by atoms with Gasteiger partial charge in [-0.1, -0.05) is 17.7 Å². The molecule has 11 heteroatoms. The van der Waals surface area contributed by atoms with Gasteiger partial charge in [0.25, 0.3) is 10.0 Å². The third-order valence-electron chi connectivity index (χ3n) is 1.43. The van der Waals surface area contributed by atoms with E-state index >= 15 is 0 Å². The van der Waals surface area contributed by atoms with E-state index in [0.717, 1.165) is 5.56 Å². The second kappa shape index (κ2) is 8.65. The number of halogens is 1. The van der Waals surface area contributed by atoms with E-state index in [-0.39, 0.29) is 35.9 Å². The van der Waals surface area contributed by atoms with Gasteiger partial charge in [0.05, 0.1) is 4.90 Å². The molecule has 0 unspecified atom stereocenters. The number of sulfonamides is 1. The van der Waals surface area contributed by atoms with Crippen molar-refractivity contribution in [2.75, 3.05) is 0 Å². The number of hydrogen-bond acceptors (Lipinski definition) is 3. The van der Waals surface area contributed by atoms with E-state index in [1.165, 1.54) is 12.1 Å². The molecular weight excluding hydrogens is 316 g/mol. The third-order valence-corrected chi connectivity index (χ3v) is 3.14. The minimum Gasteiger partial charge on any atom is -1.00 e. The van der Waals surface area contributed by atoms with Gasteiger partial charge in [-0.05, 0) is 30.8 Å². The van der Waals surface area contributed by atoms with Crippen LogP contribution in [0.5, 0.6) is 0 Å². The maximum absolute atomic E-state index is 11.1. The molecule has 7 nitrogen and oxygen atoms in total. The van der Waals surface area contributed by atoms with E-state index < -0.39 is 17.8 Å². The smallest absolute Gasteiger partial charge is 1.00 e. The van der Waals surface area contributed by atoms with Gasteiger partial charge in [0.2, 0.25) is 0 Å². The van der Waals surface area contributed by atoms with Crippen molar-refractivity contribution in [2.24, 2.45) is 0 Å². The van der Waals surface area contributed by atoms with Gasteiger partial charge in [-0.3, -0.25) is 0 Å². The molecule has 0 aromatic heterocycles. The van der Waals surface area contributed by atoms with Crippen LogP contribution in [0.1, 0.15) is 6.99 Å². The molecule has 0 saturated heterocycles. The van der Waals surface area contributed by atoms with Crippen LogP contribution in [0, 0.1) is 6.92 Å². The van der Waals surface area contributed by atoms with Gasteiger partial charge in [0, 0.05) is 0 Å². The van der Waals surface area contributed by atoms with Crippen LogP contribution >= 0.6 is 19.6 Å². The Labute approximate surface area is 133 Å². The number of rotatable bonds is 2. The molecule has 0 atom stereocenters. The molecule has 1 aromatic rings. The van der Waals surface area contributed by atoms with Crippen LogP contribution < -0.4 is 33.8 Å². The second-order valence-corrected chi connectivity index (χ2v) is 6.03. The van der Waals surface area contributed by atoms with Gasteiger partial charge in [0.15, 0.2) is 0 Å². The molecule has 18 heavy (non-hydrogen) atoms. The summed E-state index contributed by atoms with van der Waals surface area (Å²) in [6.07, 6.45) is 0. The zero-order valence-corrected chi connectivity index (χ0v) is 14.1. The summed E-state index contributed by atoms with van der Waals surface area (Å²) in [5, 5.41) is 0. The standard InChI is InChI=1S/C7H8ClNO2S.Na.H3O4P.H/c1-6-2-4-7(5-3-6)12(10,11)9-8;;1-5(2,3)4;/h2-5,9H,1H3;;(H3,1,2,3,4);/q;+1;;-1. The van der Waals surface area contributed by atoms with Crippen LogP contribution in [-0.4, -0.2) is 23.1 Å². The predicted octanol–water partition coefficient (Wildman–Crippen LogP) is -2.38. The molecule has 0 bridgehead atoms. The normalized spacial score (nSPS) is 10.9. The SMILES string of the molecule is Cc1ccc(S(=O)(=O)NCl)cc1.O=P(O)(O)O.[H-].[Na+]. The van der Waals surface area contributed by atoms with E-state index in [1.54, 1.807) is 16.4 Å². The van der Waals surface area contributed by atoms with Crippen molar-refractivity contribution in [3.05, 3.63) is 29.8 Å². The Kier molecular flexibility index (Phi) is 10.0. The average Bonchev–Trinajstić information content (AvgIpc) is 2.16. The quantitative estimate of drug-likeness (QED) is 0.273. The van der Waals surface area contributed by atoms with Crippen molar-refractivity contribution in [1.29, 1.82) is 0 Å². The fourth-order valence-corrected chi connectivity index (χ4v) is 1.61. The summed E-state index contributed by atoms with van der Waals surface area (Å²) in [6.45, 7) is 1.88. The van der Waals surface area contributed by atoms with Crippen LogP contribution in [0.3, 0.4) is 0 Å². The summed E-state index contributed by atoms with van der Waals surface area (Å²) in [5.41, 5.74) is 1.00. The Bertz CT molecular complexity index is 499. The van der Waals surface area contributed by atoms with Crippen molar-refractivity contribution >= 4 is 29.6 Å². The van der Waals surface area contributed by atoms with Gasteiger partial charge in [0.1, 0.15) is 0 Å². The van der Waals surface area contributed by atoms with E-state index in [4.69, 9.17) is 31.0 Å². The Morgan fingerprint density at radius 1 is 1.22 bits per heavy atom. The van der Waals surface area contributed by atoms with Gasteiger partial charge in [-0.25, -0.2) is 13.0 Å². The topological polar surface area (TPSA) is 124 Å². The summed E-state index contributed by atoms with van der Waals surface area (Å²) in [4.78, 5) is 21.7. The molecule has 100 valence electrons. The van der Waals surface area contributed by atoms with Crippen LogP contribution in [0.4, 0.5) is 0 Å². The van der Waals surface area contributed by atoms with E-state index in [1.807, 2.05) is 6.92 Å². The predicted molar refractivity (Wildman–Crippen MR) is 62.7 cm³/mol.